The van der Waals surface area contributed by atoms with E-state index >= 15 is 0 Å². The van der Waals surface area contributed by atoms with E-state index in [2.05, 4.69) is 31.2 Å². The summed E-state index contributed by atoms with van der Waals surface area (Å²) in [4.78, 5) is 11.5. The first-order valence-corrected chi connectivity index (χ1v) is 6.58. The Hall–Kier alpha value is -1.36. The fourth-order valence-corrected chi connectivity index (χ4v) is 1.87. The number of rotatable bonds is 4. The number of aromatic nitrogens is 2. The molecule has 1 amide bonds. The van der Waals surface area contributed by atoms with Crippen molar-refractivity contribution < 1.29 is 4.79 Å². The monoisotopic (exact) mass is 266 g/mol. The first kappa shape index (κ1) is 15.7. The second-order valence-corrected chi connectivity index (χ2v) is 7.05. The maximum absolute atomic E-state index is 11.5. The van der Waals surface area contributed by atoms with Crippen LogP contribution in [0.1, 0.15) is 47.1 Å². The van der Waals surface area contributed by atoms with E-state index in [1.54, 1.807) is 0 Å². The van der Waals surface area contributed by atoms with Crippen LogP contribution in [0, 0.1) is 5.41 Å². The maximum Gasteiger partial charge on any atom is 0.235 e. The Labute approximate surface area is 115 Å². The molecule has 0 aromatic carbocycles. The zero-order valence-corrected chi connectivity index (χ0v) is 12.8. The number of carbonyl (C=O) groups excluding carboxylic acids is 1. The van der Waals surface area contributed by atoms with E-state index in [0.29, 0.717) is 6.54 Å². The molecule has 0 spiro atoms. The summed E-state index contributed by atoms with van der Waals surface area (Å²) in [6.45, 7) is 12.9. The van der Waals surface area contributed by atoms with Gasteiger partial charge in [0.2, 0.25) is 5.91 Å². The second-order valence-electron chi connectivity index (χ2n) is 7.05. The van der Waals surface area contributed by atoms with Crippen LogP contribution in [0.25, 0.3) is 0 Å². The van der Waals surface area contributed by atoms with Crippen molar-refractivity contribution in [2.75, 3.05) is 0 Å². The topological polar surface area (TPSA) is 72.9 Å². The first-order chi connectivity index (χ1) is 8.51. The lowest BCUT2D eigenvalue weighted by Gasteiger charge is -2.28. The van der Waals surface area contributed by atoms with Crippen molar-refractivity contribution in [3.05, 3.63) is 18.0 Å². The second kappa shape index (κ2) is 5.33. The van der Waals surface area contributed by atoms with Crippen molar-refractivity contribution in [1.82, 2.24) is 15.1 Å². The third-order valence-electron chi connectivity index (χ3n) is 2.98. The number of nitrogens with zero attached hydrogens (tertiary/aromatic N) is 2. The highest BCUT2D eigenvalue weighted by molar-refractivity contribution is 5.80. The lowest BCUT2D eigenvalue weighted by atomic mass is 9.86. The average Bonchev–Trinajstić information content (AvgIpc) is 2.62. The molecule has 0 aliphatic heterocycles. The number of primary amides is 1. The van der Waals surface area contributed by atoms with Gasteiger partial charge in [-0.2, -0.15) is 5.10 Å². The molecule has 0 bridgehead atoms. The molecule has 1 rings (SSSR count). The van der Waals surface area contributed by atoms with Crippen LogP contribution in [0.3, 0.4) is 0 Å². The van der Waals surface area contributed by atoms with Gasteiger partial charge in [-0.15, -0.1) is 0 Å². The molecule has 0 radical (unpaired) electrons. The summed E-state index contributed by atoms with van der Waals surface area (Å²) < 4.78 is 1.92. The zero-order chi connectivity index (χ0) is 14.8. The van der Waals surface area contributed by atoms with E-state index in [1.807, 2.05) is 37.8 Å². The molecule has 108 valence electrons. The summed E-state index contributed by atoms with van der Waals surface area (Å²) in [5.74, 6) is -0.323. The molecule has 0 aliphatic rings. The van der Waals surface area contributed by atoms with Gasteiger partial charge in [-0.1, -0.05) is 20.8 Å². The predicted octanol–water partition coefficient (Wildman–Crippen LogP) is 1.63. The third-order valence-corrected chi connectivity index (χ3v) is 2.98. The number of nitrogens with one attached hydrogen (secondary N) is 1. The highest BCUT2D eigenvalue weighted by Gasteiger charge is 2.29. The SMILES string of the molecule is CC(C)(C)[C@H](NCc1cnn(C(C)(C)C)c1)C(N)=O. The molecule has 5 heteroatoms. The summed E-state index contributed by atoms with van der Waals surface area (Å²) >= 11 is 0. The van der Waals surface area contributed by atoms with Gasteiger partial charge in [-0.05, 0) is 26.2 Å². The first-order valence-electron chi connectivity index (χ1n) is 6.58. The smallest absolute Gasteiger partial charge is 0.235 e. The third kappa shape index (κ3) is 4.35. The Balaban J connectivity index is 2.71. The average molecular weight is 266 g/mol. The van der Waals surface area contributed by atoms with Crippen LogP contribution in [-0.2, 0) is 16.9 Å². The lowest BCUT2D eigenvalue weighted by molar-refractivity contribution is -0.122. The normalized spacial score (nSPS) is 14.4. The molecular formula is C14H26N4O. The van der Waals surface area contributed by atoms with Crippen molar-refractivity contribution in [3.63, 3.8) is 0 Å². The number of carbonyl (C=O) groups is 1. The number of hydrogen-bond acceptors (Lipinski definition) is 3. The minimum atomic E-state index is -0.356. The molecule has 0 saturated heterocycles. The van der Waals surface area contributed by atoms with Crippen LogP contribution in [0.5, 0.6) is 0 Å². The molecule has 3 N–H and O–H groups in total. The lowest BCUT2D eigenvalue weighted by Crippen LogP contribution is -2.49. The number of amides is 1. The van der Waals surface area contributed by atoms with E-state index in [0.717, 1.165) is 5.56 Å². The van der Waals surface area contributed by atoms with Crippen LogP contribution in [0.15, 0.2) is 12.4 Å². The minimum Gasteiger partial charge on any atom is -0.368 e. The Morgan fingerprint density at radius 1 is 1.37 bits per heavy atom. The van der Waals surface area contributed by atoms with Crippen LogP contribution in [0.2, 0.25) is 0 Å². The minimum absolute atomic E-state index is 0.0363. The molecule has 5 nitrogen and oxygen atoms in total. The van der Waals surface area contributed by atoms with E-state index < -0.39 is 0 Å². The predicted molar refractivity (Wildman–Crippen MR) is 76.5 cm³/mol. The zero-order valence-electron chi connectivity index (χ0n) is 12.8. The molecule has 19 heavy (non-hydrogen) atoms. The van der Waals surface area contributed by atoms with E-state index in [4.69, 9.17) is 5.73 Å². The van der Waals surface area contributed by atoms with Crippen LogP contribution in [0.4, 0.5) is 0 Å². The highest BCUT2D eigenvalue weighted by atomic mass is 16.1. The molecule has 0 fully saturated rings. The van der Waals surface area contributed by atoms with Crippen molar-refractivity contribution in [3.8, 4) is 0 Å². The van der Waals surface area contributed by atoms with Crippen molar-refractivity contribution in [1.29, 1.82) is 0 Å². The van der Waals surface area contributed by atoms with Crippen LogP contribution < -0.4 is 11.1 Å². The summed E-state index contributed by atoms with van der Waals surface area (Å²) in [6.07, 6.45) is 3.81. The van der Waals surface area contributed by atoms with Crippen molar-refractivity contribution >= 4 is 5.91 Å². The molecule has 1 aromatic heterocycles. The maximum atomic E-state index is 11.5. The summed E-state index contributed by atoms with van der Waals surface area (Å²) in [7, 11) is 0. The molecule has 1 aromatic rings. The molecule has 0 saturated carbocycles. The Morgan fingerprint density at radius 3 is 2.32 bits per heavy atom. The van der Waals surface area contributed by atoms with E-state index in [-0.39, 0.29) is 22.9 Å². The fraction of sp³-hybridized carbons (Fsp3) is 0.714. The molecule has 1 atom stereocenters. The van der Waals surface area contributed by atoms with E-state index in [9.17, 15) is 4.79 Å². The van der Waals surface area contributed by atoms with Gasteiger partial charge in [-0.25, -0.2) is 0 Å². The molecule has 0 aliphatic carbocycles. The fourth-order valence-electron chi connectivity index (χ4n) is 1.87. The summed E-state index contributed by atoms with van der Waals surface area (Å²) in [5, 5.41) is 7.55. The Bertz CT molecular complexity index is 437. The molecule has 0 unspecified atom stereocenters. The van der Waals surface area contributed by atoms with Gasteiger partial charge in [0.05, 0.1) is 17.8 Å². The Kier molecular flexibility index (Phi) is 4.40. The van der Waals surface area contributed by atoms with Gasteiger partial charge in [0.1, 0.15) is 0 Å². The van der Waals surface area contributed by atoms with Crippen LogP contribution in [-0.4, -0.2) is 21.7 Å². The summed E-state index contributed by atoms with van der Waals surface area (Å²) in [6, 6.07) is -0.356. The van der Waals surface area contributed by atoms with E-state index in [1.165, 1.54) is 0 Å². The quantitative estimate of drug-likeness (QED) is 0.870. The summed E-state index contributed by atoms with van der Waals surface area (Å²) in [5.41, 5.74) is 6.25. The van der Waals surface area contributed by atoms with Gasteiger partial charge >= 0.3 is 0 Å². The van der Waals surface area contributed by atoms with Crippen molar-refractivity contribution in [2.45, 2.75) is 59.7 Å². The van der Waals surface area contributed by atoms with Gasteiger partial charge in [0.25, 0.3) is 0 Å². The number of hydrogen-bond donors (Lipinski definition) is 2. The Morgan fingerprint density at radius 2 is 1.95 bits per heavy atom. The van der Waals surface area contributed by atoms with Crippen LogP contribution >= 0.6 is 0 Å². The van der Waals surface area contributed by atoms with Gasteiger partial charge in [0, 0.05) is 18.3 Å². The van der Waals surface area contributed by atoms with Crippen molar-refractivity contribution in [2.24, 2.45) is 11.1 Å². The highest BCUT2D eigenvalue weighted by Crippen LogP contribution is 2.19. The molecular weight excluding hydrogens is 240 g/mol. The standard InChI is InChI=1S/C14H26N4O/c1-13(2,3)11(12(15)19)16-7-10-8-17-18(9-10)14(4,5)6/h8-9,11,16H,7H2,1-6H3,(H2,15,19)/t11-/m1/s1. The number of nitrogens with two attached hydrogens (primary N) is 1. The van der Waals surface area contributed by atoms with Gasteiger partial charge in [-0.3, -0.25) is 9.48 Å². The van der Waals surface area contributed by atoms with Gasteiger partial charge in [0.15, 0.2) is 0 Å². The largest absolute Gasteiger partial charge is 0.368 e. The molecule has 1 heterocycles. The van der Waals surface area contributed by atoms with Gasteiger partial charge < -0.3 is 11.1 Å².